The van der Waals surface area contributed by atoms with Crippen molar-refractivity contribution in [2.75, 3.05) is 13.1 Å². The zero-order valence-electron chi connectivity index (χ0n) is 35.6. The Kier molecular flexibility index (Phi) is 16.5. The number of carbonyl (C=O) groups is 4. The van der Waals surface area contributed by atoms with Crippen LogP contribution < -0.4 is 21.3 Å². The summed E-state index contributed by atoms with van der Waals surface area (Å²) in [5.41, 5.74) is 3.63. The molecule has 0 aliphatic carbocycles. The van der Waals surface area contributed by atoms with Crippen LogP contribution in [0.15, 0.2) is 121 Å². The van der Waals surface area contributed by atoms with E-state index in [4.69, 9.17) is 9.47 Å². The van der Waals surface area contributed by atoms with Gasteiger partial charge in [0.25, 0.3) is 0 Å². The van der Waals surface area contributed by atoms with Crippen molar-refractivity contribution in [2.45, 2.75) is 117 Å². The van der Waals surface area contributed by atoms with Crippen LogP contribution in [0, 0.1) is 0 Å². The van der Waals surface area contributed by atoms with Crippen LogP contribution in [0.3, 0.4) is 0 Å². The number of ether oxygens (including phenoxy) is 2. The van der Waals surface area contributed by atoms with Crippen LogP contribution in [0.4, 0.5) is 0 Å². The third-order valence-electron chi connectivity index (χ3n) is 11.1. The maximum atomic E-state index is 13.6. The predicted octanol–water partition coefficient (Wildman–Crippen LogP) is 8.23. The Morgan fingerprint density at radius 1 is 0.508 bits per heavy atom. The molecule has 0 bridgehead atoms. The van der Waals surface area contributed by atoms with Crippen molar-refractivity contribution in [1.82, 2.24) is 21.3 Å². The van der Waals surface area contributed by atoms with Crippen molar-refractivity contribution in [3.05, 3.63) is 144 Å². The number of rotatable bonds is 20. The summed E-state index contributed by atoms with van der Waals surface area (Å²) in [4.78, 5) is 52.7. The first kappa shape index (κ1) is 45.9. The summed E-state index contributed by atoms with van der Waals surface area (Å²) in [6, 6.07) is 37.9. The number of hydrogen-bond acceptors (Lipinski definition) is 10. The first-order valence-electron chi connectivity index (χ1n) is 21.4. The molecule has 6 rings (SSSR count). The van der Waals surface area contributed by atoms with E-state index < -0.39 is 33.8 Å². The van der Waals surface area contributed by atoms with Gasteiger partial charge in [-0.15, -0.1) is 23.5 Å². The lowest BCUT2D eigenvalue weighted by Crippen LogP contribution is -2.47. The van der Waals surface area contributed by atoms with Crippen LogP contribution in [0.5, 0.6) is 0 Å². The normalized spacial score (nSPS) is 20.3. The maximum absolute atomic E-state index is 13.6. The van der Waals surface area contributed by atoms with E-state index in [-0.39, 0.29) is 34.5 Å². The van der Waals surface area contributed by atoms with Gasteiger partial charge < -0.3 is 20.1 Å². The molecule has 0 unspecified atom stereocenters. The van der Waals surface area contributed by atoms with Gasteiger partial charge in [-0.25, -0.2) is 0 Å². The Balaban J connectivity index is 0.837. The second kappa shape index (κ2) is 21.9. The molecule has 2 aliphatic rings. The van der Waals surface area contributed by atoms with Crippen molar-refractivity contribution < 1.29 is 28.7 Å². The van der Waals surface area contributed by atoms with Crippen molar-refractivity contribution >= 4 is 47.3 Å². The van der Waals surface area contributed by atoms with Gasteiger partial charge in [0.15, 0.2) is 12.2 Å². The molecule has 2 saturated heterocycles. The molecule has 4 aromatic carbocycles. The molecule has 2 amide bonds. The minimum absolute atomic E-state index is 0.0110. The third kappa shape index (κ3) is 13.2. The van der Waals surface area contributed by atoms with Gasteiger partial charge >= 0.3 is 11.9 Å². The van der Waals surface area contributed by atoms with Gasteiger partial charge in [-0.2, -0.15) is 0 Å². The smallest absolute Gasteiger partial charge is 0.325 e. The fourth-order valence-corrected chi connectivity index (χ4v) is 10.7. The van der Waals surface area contributed by atoms with Gasteiger partial charge in [0.1, 0.15) is 12.1 Å². The molecule has 0 radical (unpaired) electrons. The first-order chi connectivity index (χ1) is 29.4. The number of thioether (sulfide) groups is 2. The second-order valence-electron chi connectivity index (χ2n) is 16.8. The molecule has 0 saturated carbocycles. The molecule has 4 aromatic rings. The molecule has 2 aliphatic heterocycles. The van der Waals surface area contributed by atoms with Crippen LogP contribution in [0.2, 0.25) is 0 Å². The standard InChI is InChI=1S/C49H60N4O6S2/c1-48(2)44(46(56)58-42(34-22-12-8-13-23-34)35-24-14-9-15-25-35)52-40(60-48)32-50-38(54)30-20-6-5-7-21-31-39(55)51-33-41-53-45(49(3,4)61-41)47(57)59-43(36-26-16-10-17-27-36)37-28-18-11-19-29-37/h8-19,22-29,40-45,52-53H,5-7,20-21,30-33H2,1-4H3,(H,50,54)(H,51,55)/t40-,41-,44+,45+/m1/s1. The minimum atomic E-state index is -0.538. The number of hydrogen-bond donors (Lipinski definition) is 4. The molecule has 0 spiro atoms. The molecule has 12 heteroatoms. The van der Waals surface area contributed by atoms with Crippen LogP contribution in [0.25, 0.3) is 0 Å². The SMILES string of the molecule is CC1(C)S[C@H](CNC(=O)CCCCCCCC(=O)NC[C@@H]2N[C@@H](C(=O)OC(c3ccccc3)c3ccccc3)C(C)(C)S2)N[C@H]1C(=O)OC(c1ccccc1)c1ccccc1. The van der Waals surface area contributed by atoms with E-state index in [2.05, 4.69) is 21.3 Å². The number of carbonyl (C=O) groups excluding carboxylic acids is 4. The highest BCUT2D eigenvalue weighted by Gasteiger charge is 2.48. The molecule has 4 N–H and O–H groups in total. The van der Waals surface area contributed by atoms with Crippen LogP contribution in [-0.4, -0.2) is 69.2 Å². The average Bonchev–Trinajstić information content (AvgIpc) is 3.76. The summed E-state index contributed by atoms with van der Waals surface area (Å²) in [7, 11) is 0. The van der Waals surface area contributed by atoms with E-state index in [1.54, 1.807) is 23.5 Å². The molecule has 61 heavy (non-hydrogen) atoms. The zero-order chi connectivity index (χ0) is 43.2. The van der Waals surface area contributed by atoms with Gasteiger partial charge in [0.05, 0.1) is 10.7 Å². The average molecular weight is 865 g/mol. The Bertz CT molecular complexity index is 1800. The lowest BCUT2D eigenvalue weighted by Gasteiger charge is -2.26. The van der Waals surface area contributed by atoms with Crippen LogP contribution in [-0.2, 0) is 28.7 Å². The molecule has 10 nitrogen and oxygen atoms in total. The molecule has 2 fully saturated rings. The van der Waals surface area contributed by atoms with Crippen molar-refractivity contribution in [2.24, 2.45) is 0 Å². The van der Waals surface area contributed by atoms with E-state index in [0.29, 0.717) is 25.9 Å². The summed E-state index contributed by atoms with van der Waals surface area (Å²) in [5.74, 6) is -0.661. The molecule has 0 aromatic heterocycles. The van der Waals surface area contributed by atoms with Gasteiger partial charge in [0.2, 0.25) is 11.8 Å². The largest absolute Gasteiger partial charge is 0.451 e. The van der Waals surface area contributed by atoms with E-state index in [1.165, 1.54) is 0 Å². The number of nitrogens with one attached hydrogen (secondary N) is 4. The van der Waals surface area contributed by atoms with Gasteiger partial charge in [-0.3, -0.25) is 29.8 Å². The second-order valence-corrected chi connectivity index (χ2v) is 20.5. The quantitative estimate of drug-likeness (QED) is 0.0509. The minimum Gasteiger partial charge on any atom is -0.451 e. The lowest BCUT2D eigenvalue weighted by atomic mass is 10.00. The molecular weight excluding hydrogens is 805 g/mol. The van der Waals surface area contributed by atoms with Gasteiger partial charge in [-0.1, -0.05) is 141 Å². The summed E-state index contributed by atoms with van der Waals surface area (Å²) in [5, 5.41) is 12.7. The van der Waals surface area contributed by atoms with E-state index in [1.807, 2.05) is 149 Å². The maximum Gasteiger partial charge on any atom is 0.325 e. The van der Waals surface area contributed by atoms with Crippen LogP contribution in [0.1, 0.15) is 107 Å². The molecule has 2 heterocycles. The summed E-state index contributed by atoms with van der Waals surface area (Å²) in [6.45, 7) is 8.92. The topological polar surface area (TPSA) is 135 Å². The lowest BCUT2D eigenvalue weighted by molar-refractivity contribution is -0.151. The highest BCUT2D eigenvalue weighted by molar-refractivity contribution is 8.01. The Morgan fingerprint density at radius 3 is 1.11 bits per heavy atom. The van der Waals surface area contributed by atoms with E-state index in [9.17, 15) is 19.2 Å². The summed E-state index contributed by atoms with van der Waals surface area (Å²) in [6.07, 6.45) is 4.11. The monoisotopic (exact) mass is 864 g/mol. The fourth-order valence-electron chi connectivity index (χ4n) is 7.84. The van der Waals surface area contributed by atoms with Gasteiger partial charge in [0, 0.05) is 35.4 Å². The number of amides is 2. The first-order valence-corrected chi connectivity index (χ1v) is 23.2. The number of unbranched alkanes of at least 4 members (excludes halogenated alkanes) is 4. The number of esters is 2. The van der Waals surface area contributed by atoms with E-state index >= 15 is 0 Å². The summed E-state index contributed by atoms with van der Waals surface area (Å²) < 4.78 is 11.5. The fraction of sp³-hybridized carbons (Fsp3) is 0.429. The highest BCUT2D eigenvalue weighted by Crippen LogP contribution is 2.40. The van der Waals surface area contributed by atoms with Crippen molar-refractivity contribution in [3.63, 3.8) is 0 Å². The Morgan fingerprint density at radius 2 is 0.803 bits per heavy atom. The van der Waals surface area contributed by atoms with Crippen molar-refractivity contribution in [3.8, 4) is 0 Å². The van der Waals surface area contributed by atoms with Gasteiger partial charge in [-0.05, 0) is 62.8 Å². The van der Waals surface area contributed by atoms with Crippen LogP contribution >= 0.6 is 23.5 Å². The predicted molar refractivity (Wildman–Crippen MR) is 245 cm³/mol. The molecule has 324 valence electrons. The van der Waals surface area contributed by atoms with Crippen molar-refractivity contribution in [1.29, 1.82) is 0 Å². The highest BCUT2D eigenvalue weighted by atomic mass is 32.2. The number of benzene rings is 4. The zero-order valence-corrected chi connectivity index (χ0v) is 37.3. The Labute approximate surface area is 369 Å². The third-order valence-corrected chi connectivity index (χ3v) is 14.0. The Hall–Kier alpha value is -4.62. The van der Waals surface area contributed by atoms with E-state index in [0.717, 1.165) is 54.4 Å². The summed E-state index contributed by atoms with van der Waals surface area (Å²) >= 11 is 3.27. The molecular formula is C49H60N4O6S2. The molecule has 4 atom stereocenters.